The van der Waals surface area contributed by atoms with Crippen molar-refractivity contribution < 1.29 is 71.9 Å². The maximum atomic E-state index is 14.5. The Morgan fingerprint density at radius 2 is 1.42 bits per heavy atom. The Morgan fingerprint density at radius 3 is 2.13 bits per heavy atom. The molecule has 1 unspecified atom stereocenters. The number of Topliss-reactive ketones (excluding diaryl/α,β-unsaturated/α-hetero) is 1. The molecule has 0 aliphatic carbocycles. The van der Waals surface area contributed by atoms with Gasteiger partial charge in [-0.05, 0) is 113 Å². The monoisotopic (exact) mass is 1090 g/mol. The summed E-state index contributed by atoms with van der Waals surface area (Å²) in [5.74, 6) is -5.23. The summed E-state index contributed by atoms with van der Waals surface area (Å²) in [6, 6.07) is 14.3. The minimum absolute atomic E-state index is 0.101. The summed E-state index contributed by atoms with van der Waals surface area (Å²) in [7, 11) is 7.32. The Morgan fingerprint density at radius 1 is 0.722 bits per heavy atom. The Labute approximate surface area is 461 Å². The first-order valence-corrected chi connectivity index (χ1v) is 26.6. The number of carbonyl (C=O) groups excluding carboxylic acids is 9. The van der Waals surface area contributed by atoms with Gasteiger partial charge in [-0.1, -0.05) is 54.6 Å². The molecule has 6 atom stereocenters. The van der Waals surface area contributed by atoms with Crippen LogP contribution in [0.25, 0.3) is 0 Å². The third-order valence-corrected chi connectivity index (χ3v) is 14.8. The molecule has 79 heavy (non-hydrogen) atoms. The summed E-state index contributed by atoms with van der Waals surface area (Å²) in [4.78, 5) is 132. The molecule has 3 aromatic rings. The number of likely N-dealkylation sites (N-methyl/N-ethyl adjacent to an activating group) is 3. The van der Waals surface area contributed by atoms with E-state index in [0.29, 0.717) is 54.7 Å². The minimum Gasteiger partial charge on any atom is -0.493 e. The second-order valence-corrected chi connectivity index (χ2v) is 20.7. The number of rotatable bonds is 7. The number of methoxy groups -OCH3 is 2. The normalized spacial score (nSPS) is 24.2. The average Bonchev–Trinajstić information content (AvgIpc) is 4.02. The van der Waals surface area contributed by atoms with Gasteiger partial charge in [0.2, 0.25) is 29.4 Å². The van der Waals surface area contributed by atoms with Crippen LogP contribution >= 0.6 is 0 Å². The molecular weight excluding hydrogens is 1020 g/mol. The van der Waals surface area contributed by atoms with Crippen LogP contribution in [-0.4, -0.2) is 182 Å². The first-order valence-electron chi connectivity index (χ1n) is 26.6. The Kier molecular flexibility index (Phi) is 21.2. The molecule has 3 aromatic carbocycles. The van der Waals surface area contributed by atoms with Crippen molar-refractivity contribution in [2.45, 2.75) is 108 Å². The number of hydrogen-bond acceptors (Lipinski definition) is 15. The van der Waals surface area contributed by atoms with Gasteiger partial charge < -0.3 is 58.6 Å². The molecule has 3 aliphatic heterocycles. The van der Waals surface area contributed by atoms with E-state index in [2.05, 4.69) is 5.32 Å². The number of nitrogens with zero attached hydrogens (tertiary/aromatic N) is 5. The molecule has 2 fully saturated rings. The molecule has 21 nitrogen and oxygen atoms in total. The van der Waals surface area contributed by atoms with Crippen LogP contribution in [0.3, 0.4) is 0 Å². The highest BCUT2D eigenvalue weighted by molar-refractivity contribution is 6.38. The van der Waals surface area contributed by atoms with Crippen molar-refractivity contribution >= 4 is 53.2 Å². The molecule has 3 aliphatic rings. The zero-order valence-electron chi connectivity index (χ0n) is 46.3. The van der Waals surface area contributed by atoms with Crippen molar-refractivity contribution in [3.8, 4) is 17.2 Å². The molecule has 6 rings (SSSR count). The Bertz CT molecular complexity index is 2730. The zero-order chi connectivity index (χ0) is 57.6. The summed E-state index contributed by atoms with van der Waals surface area (Å²) in [6.07, 6.45) is 4.63. The summed E-state index contributed by atoms with van der Waals surface area (Å²) >= 11 is 0. The van der Waals surface area contributed by atoms with Gasteiger partial charge in [0, 0.05) is 46.9 Å². The second-order valence-electron chi connectivity index (χ2n) is 20.7. The molecule has 2 N–H and O–H groups in total. The van der Waals surface area contributed by atoms with E-state index in [1.54, 1.807) is 67.7 Å². The molecule has 0 spiro atoms. The molecule has 0 saturated carbocycles. The lowest BCUT2D eigenvalue weighted by molar-refractivity contribution is -0.165. The average molecular weight is 1100 g/mol. The molecule has 6 amide bonds. The van der Waals surface area contributed by atoms with E-state index in [-0.39, 0.29) is 44.6 Å². The van der Waals surface area contributed by atoms with Crippen LogP contribution in [0.15, 0.2) is 84.9 Å². The maximum Gasteiger partial charge on any atom is 0.330 e. The molecule has 0 aromatic heterocycles. The van der Waals surface area contributed by atoms with Gasteiger partial charge in [0.15, 0.2) is 18.1 Å². The number of fused-ring (bicyclic) bond motifs is 4. The van der Waals surface area contributed by atoms with Gasteiger partial charge >= 0.3 is 11.9 Å². The fourth-order valence-corrected chi connectivity index (χ4v) is 9.70. The second kappa shape index (κ2) is 27.7. The van der Waals surface area contributed by atoms with Gasteiger partial charge in [-0.25, -0.2) is 9.59 Å². The van der Waals surface area contributed by atoms with Crippen molar-refractivity contribution in [3.63, 3.8) is 0 Å². The highest BCUT2D eigenvalue weighted by Crippen LogP contribution is 2.33. The van der Waals surface area contributed by atoms with E-state index in [1.165, 1.54) is 69.9 Å². The SMILES string of the molecule is COc1ccc(CC[C@H]2OC(=O)[C@@H]3CCCCN3C(=O)C(=O)C(C)(C)COC(=O)C=CCCN(C)C(=O)[C@@H]3CCCN3C(=O)[C@H](CO)N(C)C(=O)C(c3ccccc3)NC(=O)[C@H](C)N(C)C(=O)COc3cccc2c3)cc1OC. The molecule has 3 heterocycles. The highest BCUT2D eigenvalue weighted by Gasteiger charge is 2.44. The molecule has 426 valence electrons. The van der Waals surface area contributed by atoms with Gasteiger partial charge in [-0.3, -0.25) is 33.6 Å². The lowest BCUT2D eigenvalue weighted by atomic mass is 9.87. The minimum atomic E-state index is -1.50. The van der Waals surface area contributed by atoms with Crippen LogP contribution in [-0.2, 0) is 59.0 Å². The Hall–Kier alpha value is -7.81. The number of ether oxygens (including phenoxy) is 5. The molecule has 2 saturated heterocycles. The van der Waals surface area contributed by atoms with Gasteiger partial charge in [0.05, 0.1) is 26.2 Å². The molecule has 2 bridgehead atoms. The van der Waals surface area contributed by atoms with Gasteiger partial charge in [-0.2, -0.15) is 0 Å². The van der Waals surface area contributed by atoms with Crippen LogP contribution in [0.5, 0.6) is 17.2 Å². The largest absolute Gasteiger partial charge is 0.493 e. The smallest absolute Gasteiger partial charge is 0.330 e. The predicted molar refractivity (Wildman–Crippen MR) is 287 cm³/mol. The number of hydrogen-bond donors (Lipinski definition) is 2. The number of carbonyl (C=O) groups is 9. The van der Waals surface area contributed by atoms with E-state index in [1.807, 2.05) is 12.1 Å². The predicted octanol–water partition coefficient (Wildman–Crippen LogP) is 3.75. The van der Waals surface area contributed by atoms with E-state index < -0.39 is 115 Å². The Balaban J connectivity index is 1.30. The number of esters is 2. The van der Waals surface area contributed by atoms with Crippen molar-refractivity contribution in [2.75, 3.05) is 74.8 Å². The summed E-state index contributed by atoms with van der Waals surface area (Å²) in [5, 5.41) is 13.4. The fraction of sp³-hybridized carbons (Fsp3) is 0.500. The van der Waals surface area contributed by atoms with Crippen molar-refractivity contribution in [1.82, 2.24) is 29.8 Å². The number of aliphatic hydroxyl groups excluding tert-OH is 1. The number of nitrogens with one attached hydrogen (secondary N) is 1. The third-order valence-electron chi connectivity index (χ3n) is 14.8. The number of aryl methyl sites for hydroxylation is 1. The van der Waals surface area contributed by atoms with Crippen molar-refractivity contribution in [1.29, 1.82) is 0 Å². The van der Waals surface area contributed by atoms with Crippen molar-refractivity contribution in [2.24, 2.45) is 5.41 Å². The van der Waals surface area contributed by atoms with Crippen molar-refractivity contribution in [3.05, 3.63) is 102 Å². The van der Waals surface area contributed by atoms with Gasteiger partial charge in [-0.15, -0.1) is 0 Å². The summed E-state index contributed by atoms with van der Waals surface area (Å²) < 4.78 is 28.7. The van der Waals surface area contributed by atoms with Crippen LogP contribution in [0.1, 0.15) is 94.6 Å². The zero-order valence-corrected chi connectivity index (χ0v) is 46.3. The third kappa shape index (κ3) is 15.1. The van der Waals surface area contributed by atoms with Gasteiger partial charge in [0.1, 0.15) is 48.7 Å². The topological polar surface area (TPSA) is 248 Å². The molecule has 0 radical (unpaired) electrons. The number of piperidine rings is 1. The van der Waals surface area contributed by atoms with Crippen LogP contribution in [0, 0.1) is 5.41 Å². The van der Waals surface area contributed by atoms with Gasteiger partial charge in [0.25, 0.3) is 11.8 Å². The molecular formula is C58H74N6O15. The van der Waals surface area contributed by atoms with Crippen LogP contribution in [0.2, 0.25) is 0 Å². The van der Waals surface area contributed by atoms with E-state index in [9.17, 15) is 48.3 Å². The highest BCUT2D eigenvalue weighted by atomic mass is 16.5. The number of aliphatic hydroxyl groups is 1. The maximum absolute atomic E-state index is 14.5. The number of amides is 6. The summed E-state index contributed by atoms with van der Waals surface area (Å²) in [6.45, 7) is 3.03. The van der Waals surface area contributed by atoms with Crippen LogP contribution < -0.4 is 19.5 Å². The quantitative estimate of drug-likeness (QED) is 0.253. The first-order chi connectivity index (χ1) is 37.7. The lowest BCUT2D eigenvalue weighted by Gasteiger charge is -2.36. The number of cyclic esters (lactones) is 2. The first kappa shape index (κ1) is 60.4. The fourth-order valence-electron chi connectivity index (χ4n) is 9.70. The van der Waals surface area contributed by atoms with E-state index in [4.69, 9.17) is 23.7 Å². The lowest BCUT2D eigenvalue weighted by Crippen LogP contribution is -2.57. The molecule has 21 heteroatoms. The van der Waals surface area contributed by atoms with E-state index in [0.717, 1.165) is 21.4 Å². The number of ketones is 1. The van der Waals surface area contributed by atoms with E-state index >= 15 is 0 Å². The van der Waals surface area contributed by atoms with Crippen LogP contribution in [0.4, 0.5) is 0 Å². The number of benzene rings is 3. The standard InChI is InChI=1S/C58H74N6O15/c1-37-52(69)59-50(39-18-10-9-11-19-39)55(72)62(6)44(34-65)54(71)63-31-17-23-42(63)53(70)60(4)29-14-13-24-49(67)78-36-58(2,3)51(68)56(73)64-30-15-12-22-43(64)57(74)79-45(27-25-38-26-28-46(75-7)47(32-38)76-8)40-20-16-21-41(33-40)77-35-48(66)61(37)5/h9-11,13,16,18-21,24,26,28,32-33,37,42-45,50,65H,12,14-15,17,22-23,25,27,29-31,34-36H2,1-8H3,(H,59,69)/t37-,42-,43-,44-,45+,50?/m0/s1. The summed E-state index contributed by atoms with van der Waals surface area (Å²) in [5.41, 5.74) is 0.187.